The number of aromatic nitrogens is 1. The van der Waals surface area contributed by atoms with E-state index < -0.39 is 0 Å². The van der Waals surface area contributed by atoms with Crippen molar-refractivity contribution in [2.75, 3.05) is 0 Å². The van der Waals surface area contributed by atoms with E-state index in [1.165, 1.54) is 11.5 Å². The summed E-state index contributed by atoms with van der Waals surface area (Å²) in [6.45, 7) is 0.574. The zero-order valence-electron chi connectivity index (χ0n) is 13.1. The highest BCUT2D eigenvalue weighted by Gasteiger charge is 2.16. The summed E-state index contributed by atoms with van der Waals surface area (Å²) in [5, 5.41) is 1.35. The average molecular weight is 431 g/mol. The third-order valence-electron chi connectivity index (χ3n) is 4.09. The van der Waals surface area contributed by atoms with Crippen LogP contribution in [0.3, 0.4) is 0 Å². The maximum Gasteiger partial charge on any atom is 0.269 e. The van der Waals surface area contributed by atoms with Crippen LogP contribution in [-0.4, -0.2) is 3.96 Å². The monoisotopic (exact) mass is 429 g/mol. The van der Waals surface area contributed by atoms with Crippen molar-refractivity contribution in [2.24, 2.45) is 0 Å². The highest BCUT2D eigenvalue weighted by molar-refractivity contribution is 9.10. The minimum atomic E-state index is 0.0236. The van der Waals surface area contributed by atoms with Gasteiger partial charge in [0, 0.05) is 10.0 Å². The van der Waals surface area contributed by atoms with Gasteiger partial charge in [-0.2, -0.15) is 0 Å². The fraction of sp³-hybridized carbons (Fsp3) is 0.0500. The van der Waals surface area contributed by atoms with Gasteiger partial charge >= 0.3 is 0 Å². The maximum absolute atomic E-state index is 13.0. The minimum Gasteiger partial charge on any atom is -0.268 e. The second-order valence-electron chi connectivity index (χ2n) is 5.70. The highest BCUT2D eigenvalue weighted by atomic mass is 79.9. The van der Waals surface area contributed by atoms with Crippen LogP contribution in [0.5, 0.6) is 0 Å². The zero-order valence-corrected chi connectivity index (χ0v) is 16.2. The third kappa shape index (κ3) is 3.06. The normalized spacial score (nSPS) is 11.1. The molecular weight excluding hydrogens is 418 g/mol. The zero-order chi connectivity index (χ0) is 17.4. The van der Waals surface area contributed by atoms with E-state index in [4.69, 9.17) is 11.6 Å². The van der Waals surface area contributed by atoms with Crippen LogP contribution in [0.15, 0.2) is 76.0 Å². The van der Waals surface area contributed by atoms with E-state index in [9.17, 15) is 4.79 Å². The van der Waals surface area contributed by atoms with E-state index >= 15 is 0 Å². The highest BCUT2D eigenvalue weighted by Crippen LogP contribution is 2.37. The summed E-state index contributed by atoms with van der Waals surface area (Å²) in [4.78, 5) is 13.0. The van der Waals surface area contributed by atoms with Crippen LogP contribution >= 0.6 is 39.1 Å². The number of nitrogens with zero attached hydrogens (tertiary/aromatic N) is 1. The molecule has 0 saturated carbocycles. The largest absolute Gasteiger partial charge is 0.269 e. The Bertz CT molecular complexity index is 1120. The van der Waals surface area contributed by atoms with Gasteiger partial charge in [0.15, 0.2) is 0 Å². The molecule has 0 bridgehead atoms. The first-order valence-electron chi connectivity index (χ1n) is 7.76. The summed E-state index contributed by atoms with van der Waals surface area (Å²) in [6, 6.07) is 21.7. The van der Waals surface area contributed by atoms with Gasteiger partial charge in [0.2, 0.25) is 0 Å². The van der Waals surface area contributed by atoms with Crippen molar-refractivity contribution in [1.82, 2.24) is 3.96 Å². The van der Waals surface area contributed by atoms with Crippen molar-refractivity contribution < 1.29 is 0 Å². The first-order chi connectivity index (χ1) is 12.1. The lowest BCUT2D eigenvalue weighted by Crippen LogP contribution is -2.14. The molecule has 0 aliphatic heterocycles. The number of hydrogen-bond donors (Lipinski definition) is 0. The molecule has 1 heterocycles. The Morgan fingerprint density at radius 1 is 0.920 bits per heavy atom. The molecule has 4 rings (SSSR count). The van der Waals surface area contributed by atoms with Crippen LogP contribution in [0.2, 0.25) is 5.02 Å². The summed E-state index contributed by atoms with van der Waals surface area (Å²) in [7, 11) is 0. The second-order valence-corrected chi connectivity index (χ2v) is 7.99. The van der Waals surface area contributed by atoms with Gasteiger partial charge in [-0.25, -0.2) is 0 Å². The number of halogens is 2. The van der Waals surface area contributed by atoms with Gasteiger partial charge in [-0.1, -0.05) is 77.7 Å². The van der Waals surface area contributed by atoms with E-state index in [-0.39, 0.29) is 5.56 Å². The lowest BCUT2D eigenvalue weighted by molar-refractivity contribution is 0.854. The Balaban J connectivity index is 1.90. The summed E-state index contributed by atoms with van der Waals surface area (Å²) in [6.07, 6.45) is 0. The van der Waals surface area contributed by atoms with Gasteiger partial charge in [0.1, 0.15) is 0 Å². The lowest BCUT2D eigenvalue weighted by Gasteiger charge is -2.06. The molecule has 4 aromatic rings. The molecule has 2 nitrogen and oxygen atoms in total. The van der Waals surface area contributed by atoms with Crippen molar-refractivity contribution in [1.29, 1.82) is 0 Å². The average Bonchev–Trinajstić information content (AvgIpc) is 2.94. The van der Waals surface area contributed by atoms with Gasteiger partial charge in [0.05, 0.1) is 21.7 Å². The standard InChI is InChI=1S/C20H13BrClNOS/c21-16-10-4-9-15(19(16)22)14-8-5-11-17-18(14)20(24)23(25-17)12-13-6-2-1-3-7-13/h1-11H,12H2. The van der Waals surface area contributed by atoms with Crippen molar-refractivity contribution in [3.8, 4) is 11.1 Å². The van der Waals surface area contributed by atoms with Gasteiger partial charge in [-0.15, -0.1) is 0 Å². The van der Waals surface area contributed by atoms with Crippen molar-refractivity contribution in [3.63, 3.8) is 0 Å². The maximum atomic E-state index is 13.0. The number of fused-ring (bicyclic) bond motifs is 1. The molecule has 0 aliphatic rings. The molecular formula is C20H13BrClNOS. The van der Waals surface area contributed by atoms with Gasteiger partial charge in [-0.05, 0) is 39.2 Å². The first kappa shape index (κ1) is 16.6. The van der Waals surface area contributed by atoms with Crippen LogP contribution in [-0.2, 0) is 6.54 Å². The Kier molecular flexibility index (Phi) is 4.50. The Morgan fingerprint density at radius 3 is 2.44 bits per heavy atom. The molecule has 0 unspecified atom stereocenters. The lowest BCUT2D eigenvalue weighted by atomic mass is 10.0. The number of rotatable bonds is 3. The van der Waals surface area contributed by atoms with Crippen LogP contribution in [0.25, 0.3) is 21.2 Å². The minimum absolute atomic E-state index is 0.0236. The molecule has 0 atom stereocenters. The quantitative estimate of drug-likeness (QED) is 0.379. The first-order valence-corrected chi connectivity index (χ1v) is 9.71. The smallest absolute Gasteiger partial charge is 0.268 e. The third-order valence-corrected chi connectivity index (χ3v) is 6.43. The molecule has 1 aromatic heterocycles. The van der Waals surface area contributed by atoms with Crippen LogP contribution in [0, 0.1) is 0 Å². The molecule has 5 heteroatoms. The van der Waals surface area contributed by atoms with Crippen molar-refractivity contribution >= 4 is 49.1 Å². The van der Waals surface area contributed by atoms with E-state index in [1.54, 1.807) is 3.96 Å². The molecule has 0 amide bonds. The molecule has 0 fully saturated rings. The van der Waals surface area contributed by atoms with Crippen LogP contribution in [0.4, 0.5) is 0 Å². The summed E-state index contributed by atoms with van der Waals surface area (Å²) >= 11 is 11.4. The second kappa shape index (κ2) is 6.79. The molecule has 0 aliphatic carbocycles. The molecule has 124 valence electrons. The van der Waals surface area contributed by atoms with Crippen molar-refractivity contribution in [3.05, 3.63) is 92.1 Å². The Hall–Kier alpha value is -1.88. The topological polar surface area (TPSA) is 22.0 Å². The van der Waals surface area contributed by atoms with E-state index in [0.29, 0.717) is 11.6 Å². The van der Waals surface area contributed by atoms with E-state index in [0.717, 1.165) is 31.2 Å². The van der Waals surface area contributed by atoms with Crippen LogP contribution in [0.1, 0.15) is 5.56 Å². The summed E-state index contributed by atoms with van der Waals surface area (Å²) < 4.78 is 3.59. The number of benzene rings is 3. The van der Waals surface area contributed by atoms with Gasteiger partial charge in [-0.3, -0.25) is 8.75 Å². The van der Waals surface area contributed by atoms with Gasteiger partial charge in [0.25, 0.3) is 5.56 Å². The molecule has 0 spiro atoms. The SMILES string of the molecule is O=c1c2c(-c3cccc(Br)c3Cl)cccc2sn1Cc1ccccc1. The fourth-order valence-corrected chi connectivity index (χ4v) is 4.55. The van der Waals surface area contributed by atoms with Crippen molar-refractivity contribution in [2.45, 2.75) is 6.54 Å². The Labute approximate surface area is 162 Å². The molecule has 3 aromatic carbocycles. The van der Waals surface area contributed by atoms with E-state index in [1.807, 2.05) is 66.7 Å². The molecule has 0 saturated heterocycles. The summed E-state index contributed by atoms with van der Waals surface area (Å²) in [5.41, 5.74) is 2.87. The summed E-state index contributed by atoms with van der Waals surface area (Å²) in [5.74, 6) is 0. The van der Waals surface area contributed by atoms with Crippen LogP contribution < -0.4 is 5.56 Å². The van der Waals surface area contributed by atoms with E-state index in [2.05, 4.69) is 15.9 Å². The molecule has 25 heavy (non-hydrogen) atoms. The Morgan fingerprint density at radius 2 is 1.64 bits per heavy atom. The fourth-order valence-electron chi connectivity index (χ4n) is 2.90. The predicted molar refractivity (Wildman–Crippen MR) is 110 cm³/mol. The number of hydrogen-bond acceptors (Lipinski definition) is 2. The molecule has 0 N–H and O–H groups in total. The van der Waals surface area contributed by atoms with Gasteiger partial charge < -0.3 is 0 Å². The predicted octanol–water partition coefficient (Wildman–Crippen LogP) is 6.19. The molecule has 0 radical (unpaired) electrons.